The van der Waals surface area contributed by atoms with Crippen LogP contribution in [-0.4, -0.2) is 58.5 Å². The van der Waals surface area contributed by atoms with Crippen LogP contribution in [0.1, 0.15) is 12.8 Å². The average Bonchev–Trinajstić information content (AvgIpc) is 3.36. The number of nitrogens with one attached hydrogen (secondary N) is 1. The van der Waals surface area contributed by atoms with E-state index in [4.69, 9.17) is 21.1 Å². The summed E-state index contributed by atoms with van der Waals surface area (Å²) in [6.45, 7) is -0.561. The van der Waals surface area contributed by atoms with Crippen molar-refractivity contribution in [3.8, 4) is 5.75 Å². The third kappa shape index (κ3) is 4.17. The molecule has 0 radical (unpaired) electrons. The maximum absolute atomic E-state index is 12.8. The minimum atomic E-state index is -0.671. The van der Waals surface area contributed by atoms with Gasteiger partial charge in [-0.25, -0.2) is 0 Å². The number of halogens is 3. The standard InChI is InChI=1S/C21H21Br2ClN2O6/c1-31-13-3-2-9(24)6-12(13)25-14(27)8-32-15(28)4-5-26-20(29)16-10-7-11(17(16)21(26)30)19(23)18(10)22/h2-3,6,10-11,16-19H,4-5,7-8H2,1H3,(H,25,27)/t10-,11-,16-,17+,18+,19+/m1/s1. The quantitative estimate of drug-likeness (QED) is 0.297. The predicted molar refractivity (Wildman–Crippen MR) is 123 cm³/mol. The molecule has 3 fully saturated rings. The maximum atomic E-state index is 12.8. The molecule has 4 rings (SSSR count). The summed E-state index contributed by atoms with van der Waals surface area (Å²) in [5.41, 5.74) is 0.352. The molecule has 1 N–H and O–H groups in total. The Balaban J connectivity index is 1.27. The van der Waals surface area contributed by atoms with E-state index in [0.717, 1.165) is 6.42 Å². The molecule has 2 aliphatic carbocycles. The molecular weight excluding hydrogens is 572 g/mol. The lowest BCUT2D eigenvalue weighted by Crippen LogP contribution is -2.37. The van der Waals surface area contributed by atoms with E-state index in [1.807, 2.05) is 0 Å². The van der Waals surface area contributed by atoms with Crippen LogP contribution in [0.5, 0.6) is 5.75 Å². The van der Waals surface area contributed by atoms with Crippen molar-refractivity contribution in [2.24, 2.45) is 23.7 Å². The van der Waals surface area contributed by atoms with Crippen molar-refractivity contribution in [1.29, 1.82) is 0 Å². The van der Waals surface area contributed by atoms with Gasteiger partial charge in [0.05, 0.1) is 31.1 Å². The largest absolute Gasteiger partial charge is 0.495 e. The van der Waals surface area contributed by atoms with E-state index in [2.05, 4.69) is 37.2 Å². The minimum Gasteiger partial charge on any atom is -0.495 e. The summed E-state index contributed by atoms with van der Waals surface area (Å²) in [5, 5.41) is 2.98. The molecule has 3 amide bonds. The van der Waals surface area contributed by atoms with Crippen LogP contribution in [0.4, 0.5) is 5.69 Å². The molecule has 1 heterocycles. The number of likely N-dealkylation sites (tertiary alicyclic amines) is 1. The molecule has 1 aromatic carbocycles. The second kappa shape index (κ2) is 9.30. The highest BCUT2D eigenvalue weighted by molar-refractivity contribution is 9.12. The molecule has 2 saturated carbocycles. The summed E-state index contributed by atoms with van der Waals surface area (Å²) in [7, 11) is 1.45. The van der Waals surface area contributed by atoms with Gasteiger partial charge in [-0.2, -0.15) is 0 Å². The van der Waals surface area contributed by atoms with Crippen molar-refractivity contribution >= 4 is 72.8 Å². The number of imide groups is 1. The van der Waals surface area contributed by atoms with Gasteiger partial charge >= 0.3 is 5.97 Å². The van der Waals surface area contributed by atoms with Gasteiger partial charge in [0.15, 0.2) is 6.61 Å². The lowest BCUT2D eigenvalue weighted by atomic mass is 9.81. The lowest BCUT2D eigenvalue weighted by Gasteiger charge is -2.28. The zero-order chi connectivity index (χ0) is 23.2. The van der Waals surface area contributed by atoms with Gasteiger partial charge in [-0.15, -0.1) is 0 Å². The van der Waals surface area contributed by atoms with Crippen molar-refractivity contribution in [3.63, 3.8) is 0 Å². The van der Waals surface area contributed by atoms with E-state index in [9.17, 15) is 19.2 Å². The smallest absolute Gasteiger partial charge is 0.308 e. The van der Waals surface area contributed by atoms with Crippen LogP contribution in [0.3, 0.4) is 0 Å². The number of anilines is 1. The van der Waals surface area contributed by atoms with Crippen molar-refractivity contribution in [3.05, 3.63) is 23.2 Å². The summed E-state index contributed by atoms with van der Waals surface area (Å²) in [6.07, 6.45) is 0.677. The lowest BCUT2D eigenvalue weighted by molar-refractivity contribution is -0.149. The van der Waals surface area contributed by atoms with Gasteiger partial charge in [-0.05, 0) is 36.5 Å². The van der Waals surface area contributed by atoms with Crippen LogP contribution < -0.4 is 10.1 Å². The van der Waals surface area contributed by atoms with E-state index in [1.54, 1.807) is 12.1 Å². The number of fused-ring (bicyclic) bond motifs is 5. The van der Waals surface area contributed by atoms with Crippen LogP contribution in [0, 0.1) is 23.7 Å². The van der Waals surface area contributed by atoms with Crippen LogP contribution in [-0.2, 0) is 23.9 Å². The molecule has 6 atom stereocenters. The monoisotopic (exact) mass is 590 g/mol. The number of carbonyl (C=O) groups excluding carboxylic acids is 4. The summed E-state index contributed by atoms with van der Waals surface area (Å²) in [5.74, 6) is -1.65. The van der Waals surface area contributed by atoms with Crippen molar-refractivity contribution in [2.75, 3.05) is 25.6 Å². The number of methoxy groups -OCH3 is 1. The Morgan fingerprint density at radius 3 is 2.38 bits per heavy atom. The Hall–Kier alpha value is -1.65. The van der Waals surface area contributed by atoms with Crippen LogP contribution in [0.25, 0.3) is 0 Å². The summed E-state index contributed by atoms with van der Waals surface area (Å²) in [6, 6.07) is 4.74. The van der Waals surface area contributed by atoms with Crippen molar-refractivity contribution in [1.82, 2.24) is 4.90 Å². The molecule has 32 heavy (non-hydrogen) atoms. The molecule has 0 spiro atoms. The first-order chi connectivity index (χ1) is 15.2. The molecular formula is C21H21Br2ClN2O6. The SMILES string of the molecule is COc1ccc(Cl)cc1NC(=O)COC(=O)CCN1C(=O)[C@@H]2[C@H]3C[C@@H]([C@H](Br)[C@H]3Br)[C@@H]2C1=O. The summed E-state index contributed by atoms with van der Waals surface area (Å²) in [4.78, 5) is 51.4. The first-order valence-electron chi connectivity index (χ1n) is 10.1. The fourth-order valence-electron chi connectivity index (χ4n) is 5.02. The topological polar surface area (TPSA) is 102 Å². The number of amides is 3. The Morgan fingerprint density at radius 1 is 1.16 bits per heavy atom. The molecule has 1 saturated heterocycles. The van der Waals surface area contributed by atoms with Crippen LogP contribution in [0.2, 0.25) is 5.02 Å². The molecule has 11 heteroatoms. The number of benzene rings is 1. The van der Waals surface area contributed by atoms with E-state index < -0.39 is 18.5 Å². The molecule has 1 aromatic rings. The second-order valence-electron chi connectivity index (χ2n) is 8.14. The number of carbonyl (C=O) groups is 4. The molecule has 3 aliphatic rings. The fraction of sp³-hybridized carbons (Fsp3) is 0.524. The third-order valence-electron chi connectivity index (χ3n) is 6.42. The van der Waals surface area contributed by atoms with Gasteiger partial charge in [-0.1, -0.05) is 43.5 Å². The number of hydrogen-bond acceptors (Lipinski definition) is 6. The highest BCUT2D eigenvalue weighted by Crippen LogP contribution is 2.60. The molecule has 172 valence electrons. The normalized spacial score (nSPS) is 30.4. The maximum Gasteiger partial charge on any atom is 0.308 e. The van der Waals surface area contributed by atoms with E-state index in [-0.39, 0.29) is 58.1 Å². The summed E-state index contributed by atoms with van der Waals surface area (Å²) >= 11 is 13.2. The molecule has 2 bridgehead atoms. The van der Waals surface area contributed by atoms with Gasteiger partial charge in [0.25, 0.3) is 5.91 Å². The number of nitrogens with zero attached hydrogens (tertiary/aromatic N) is 1. The Labute approximate surface area is 206 Å². The number of rotatable bonds is 7. The minimum absolute atomic E-state index is 0.0490. The summed E-state index contributed by atoms with van der Waals surface area (Å²) < 4.78 is 10.2. The Morgan fingerprint density at radius 2 is 1.78 bits per heavy atom. The molecule has 0 aromatic heterocycles. The second-order valence-corrected chi connectivity index (χ2v) is 10.7. The van der Waals surface area contributed by atoms with Crippen LogP contribution in [0.15, 0.2) is 18.2 Å². The number of ether oxygens (including phenoxy) is 2. The predicted octanol–water partition coefficient (Wildman–Crippen LogP) is 3.00. The Kier molecular flexibility index (Phi) is 6.84. The number of alkyl halides is 2. The van der Waals surface area contributed by atoms with Gasteiger partial charge < -0.3 is 14.8 Å². The highest BCUT2D eigenvalue weighted by atomic mass is 79.9. The average molecular weight is 593 g/mol. The first kappa shape index (κ1) is 23.5. The molecule has 1 aliphatic heterocycles. The van der Waals surface area contributed by atoms with Gasteiger partial charge in [0, 0.05) is 21.2 Å². The van der Waals surface area contributed by atoms with E-state index in [0.29, 0.717) is 16.5 Å². The number of hydrogen-bond donors (Lipinski definition) is 1. The van der Waals surface area contributed by atoms with Crippen LogP contribution >= 0.6 is 43.5 Å². The molecule has 0 unspecified atom stereocenters. The van der Waals surface area contributed by atoms with Crippen molar-refractivity contribution < 1.29 is 28.7 Å². The fourth-order valence-corrected chi connectivity index (χ4v) is 7.06. The van der Waals surface area contributed by atoms with Crippen molar-refractivity contribution in [2.45, 2.75) is 22.5 Å². The van der Waals surface area contributed by atoms with E-state index in [1.165, 1.54) is 18.1 Å². The third-order valence-corrected chi connectivity index (χ3v) is 9.86. The zero-order valence-corrected chi connectivity index (χ0v) is 21.0. The highest BCUT2D eigenvalue weighted by Gasteiger charge is 2.66. The van der Waals surface area contributed by atoms with Gasteiger partial charge in [-0.3, -0.25) is 24.1 Å². The van der Waals surface area contributed by atoms with Gasteiger partial charge in [0.2, 0.25) is 11.8 Å². The molecule has 8 nitrogen and oxygen atoms in total. The van der Waals surface area contributed by atoms with Gasteiger partial charge in [0.1, 0.15) is 5.75 Å². The Bertz CT molecular complexity index is 944. The zero-order valence-electron chi connectivity index (χ0n) is 17.1. The first-order valence-corrected chi connectivity index (χ1v) is 12.4. The number of esters is 1. The van der Waals surface area contributed by atoms with E-state index >= 15 is 0 Å².